The van der Waals surface area contributed by atoms with E-state index in [2.05, 4.69) is 4.98 Å². The van der Waals surface area contributed by atoms with Crippen molar-refractivity contribution in [1.29, 1.82) is 0 Å². The summed E-state index contributed by atoms with van der Waals surface area (Å²) < 4.78 is 38.9. The third-order valence-corrected chi connectivity index (χ3v) is 2.33. The van der Waals surface area contributed by atoms with Crippen LogP contribution in [-0.4, -0.2) is 20.5 Å². The number of fused-ring (bicyclic) bond motifs is 1. The maximum absolute atomic E-state index is 12.7. The Kier molecular flexibility index (Phi) is 2.34. The van der Waals surface area contributed by atoms with E-state index in [1.54, 1.807) is 0 Å². The first-order valence-corrected chi connectivity index (χ1v) is 4.60. The number of aromatic carboxylic acids is 1. The number of alkyl halides is 3. The number of hydrogen-bond donors (Lipinski definition) is 1. The quantitative estimate of drug-likeness (QED) is 0.837. The van der Waals surface area contributed by atoms with Crippen molar-refractivity contribution in [3.05, 3.63) is 35.3 Å². The standard InChI is InChI=1S/C10H7F3N2O2/c1-5-7(9(16)17)15-4-2-3-6(8(15)14-5)10(11,12)13/h2-4H,1H3,(H,16,17). The van der Waals surface area contributed by atoms with Gasteiger partial charge in [-0.05, 0) is 19.1 Å². The van der Waals surface area contributed by atoms with E-state index in [0.717, 1.165) is 16.5 Å². The summed E-state index contributed by atoms with van der Waals surface area (Å²) in [5.41, 5.74) is -1.55. The Bertz CT molecular complexity index is 601. The van der Waals surface area contributed by atoms with Gasteiger partial charge in [0.25, 0.3) is 0 Å². The minimum absolute atomic E-state index is 0.0502. The summed E-state index contributed by atoms with van der Waals surface area (Å²) in [6.45, 7) is 1.36. The largest absolute Gasteiger partial charge is 0.477 e. The van der Waals surface area contributed by atoms with Gasteiger partial charge in [0.15, 0.2) is 5.69 Å². The van der Waals surface area contributed by atoms with Crippen LogP contribution in [0.15, 0.2) is 18.3 Å². The molecule has 0 atom stereocenters. The minimum atomic E-state index is -4.56. The molecule has 0 radical (unpaired) electrons. The van der Waals surface area contributed by atoms with Gasteiger partial charge < -0.3 is 5.11 Å². The lowest BCUT2D eigenvalue weighted by Crippen LogP contribution is -2.09. The van der Waals surface area contributed by atoms with Crippen molar-refractivity contribution in [1.82, 2.24) is 9.38 Å². The second-order valence-corrected chi connectivity index (χ2v) is 3.46. The lowest BCUT2D eigenvalue weighted by Gasteiger charge is -2.07. The molecule has 0 amide bonds. The molecule has 7 heteroatoms. The Labute approximate surface area is 93.3 Å². The molecule has 4 nitrogen and oxygen atoms in total. The average Bonchev–Trinajstić information content (AvgIpc) is 2.51. The SMILES string of the molecule is Cc1nc2c(C(F)(F)F)cccn2c1C(=O)O. The van der Waals surface area contributed by atoms with Crippen LogP contribution in [0.1, 0.15) is 21.7 Å². The highest BCUT2D eigenvalue weighted by Crippen LogP contribution is 2.32. The van der Waals surface area contributed by atoms with Gasteiger partial charge >= 0.3 is 12.1 Å². The molecule has 1 N–H and O–H groups in total. The van der Waals surface area contributed by atoms with Crippen LogP contribution in [-0.2, 0) is 6.18 Å². The fraction of sp³-hybridized carbons (Fsp3) is 0.200. The summed E-state index contributed by atoms with van der Waals surface area (Å²) in [7, 11) is 0. The molecule has 0 saturated carbocycles. The van der Waals surface area contributed by atoms with Gasteiger partial charge in [0, 0.05) is 6.20 Å². The van der Waals surface area contributed by atoms with Gasteiger partial charge in [-0.3, -0.25) is 4.40 Å². The van der Waals surface area contributed by atoms with Crippen LogP contribution in [0.25, 0.3) is 5.65 Å². The van der Waals surface area contributed by atoms with Crippen LogP contribution in [0, 0.1) is 6.92 Å². The second-order valence-electron chi connectivity index (χ2n) is 3.46. The Morgan fingerprint density at radius 1 is 1.47 bits per heavy atom. The van der Waals surface area contributed by atoms with Crippen molar-refractivity contribution in [2.24, 2.45) is 0 Å². The second kappa shape index (κ2) is 3.47. The molecule has 0 unspecified atom stereocenters. The van der Waals surface area contributed by atoms with E-state index in [0.29, 0.717) is 0 Å². The molecule has 0 aromatic carbocycles. The van der Waals surface area contributed by atoms with Gasteiger partial charge in [0.05, 0.1) is 11.3 Å². The van der Waals surface area contributed by atoms with Gasteiger partial charge in [-0.15, -0.1) is 0 Å². The molecule has 2 aromatic rings. The molecule has 0 aliphatic rings. The van der Waals surface area contributed by atoms with E-state index in [9.17, 15) is 18.0 Å². The van der Waals surface area contributed by atoms with Crippen molar-refractivity contribution < 1.29 is 23.1 Å². The lowest BCUT2D eigenvalue weighted by atomic mass is 10.2. The lowest BCUT2D eigenvalue weighted by molar-refractivity contribution is -0.136. The van der Waals surface area contributed by atoms with E-state index in [1.165, 1.54) is 13.1 Å². The van der Waals surface area contributed by atoms with E-state index in [1.807, 2.05) is 0 Å². The number of rotatable bonds is 1. The number of aryl methyl sites for hydroxylation is 1. The topological polar surface area (TPSA) is 54.6 Å². The highest BCUT2D eigenvalue weighted by molar-refractivity contribution is 5.88. The summed E-state index contributed by atoms with van der Waals surface area (Å²) >= 11 is 0. The molecular weight excluding hydrogens is 237 g/mol. The zero-order valence-electron chi connectivity index (χ0n) is 8.62. The monoisotopic (exact) mass is 244 g/mol. The van der Waals surface area contributed by atoms with Gasteiger partial charge in [-0.2, -0.15) is 13.2 Å². The summed E-state index contributed by atoms with van der Waals surface area (Å²) in [6.07, 6.45) is -3.32. The third kappa shape index (κ3) is 1.73. The number of halogens is 3. The number of carboxylic acids is 1. The smallest absolute Gasteiger partial charge is 0.419 e. The van der Waals surface area contributed by atoms with Gasteiger partial charge in [0.2, 0.25) is 0 Å². The highest BCUT2D eigenvalue weighted by Gasteiger charge is 2.34. The van der Waals surface area contributed by atoms with Crippen molar-refractivity contribution in [2.75, 3.05) is 0 Å². The first kappa shape index (κ1) is 11.4. The zero-order valence-corrected chi connectivity index (χ0v) is 8.62. The van der Waals surface area contributed by atoms with E-state index in [4.69, 9.17) is 5.11 Å². The number of pyridine rings is 1. The van der Waals surface area contributed by atoms with Crippen LogP contribution in [0.2, 0.25) is 0 Å². The number of hydrogen-bond acceptors (Lipinski definition) is 2. The number of carbonyl (C=O) groups is 1. The average molecular weight is 244 g/mol. The zero-order chi connectivity index (χ0) is 12.8. The summed E-state index contributed by atoms with van der Waals surface area (Å²) in [4.78, 5) is 14.6. The van der Waals surface area contributed by atoms with Gasteiger partial charge in [-0.1, -0.05) is 0 Å². The normalized spacial score (nSPS) is 12.0. The molecule has 17 heavy (non-hydrogen) atoms. The molecule has 0 saturated heterocycles. The van der Waals surface area contributed by atoms with Gasteiger partial charge in [0.1, 0.15) is 5.65 Å². The number of nitrogens with zero attached hydrogens (tertiary/aromatic N) is 2. The number of aromatic nitrogens is 2. The van der Waals surface area contributed by atoms with Gasteiger partial charge in [-0.25, -0.2) is 9.78 Å². The summed E-state index contributed by atoms with van der Waals surface area (Å²) in [6, 6.07) is 2.01. The van der Waals surface area contributed by atoms with E-state index in [-0.39, 0.29) is 11.4 Å². The van der Waals surface area contributed by atoms with Crippen molar-refractivity contribution in [2.45, 2.75) is 13.1 Å². The highest BCUT2D eigenvalue weighted by atomic mass is 19.4. The van der Waals surface area contributed by atoms with E-state index >= 15 is 0 Å². The maximum Gasteiger partial charge on any atom is 0.419 e. The molecule has 0 fully saturated rings. The molecule has 0 aliphatic heterocycles. The molecule has 2 rings (SSSR count). The number of carboxylic acid groups (broad SMARTS) is 1. The molecular formula is C10H7F3N2O2. The van der Waals surface area contributed by atoms with Crippen LogP contribution in [0.3, 0.4) is 0 Å². The number of imidazole rings is 1. The predicted molar refractivity (Wildman–Crippen MR) is 51.9 cm³/mol. The predicted octanol–water partition coefficient (Wildman–Crippen LogP) is 2.36. The fourth-order valence-electron chi connectivity index (χ4n) is 1.66. The van der Waals surface area contributed by atoms with Crippen molar-refractivity contribution in [3.8, 4) is 0 Å². The molecule has 0 aliphatic carbocycles. The maximum atomic E-state index is 12.7. The Morgan fingerprint density at radius 3 is 2.65 bits per heavy atom. The van der Waals surface area contributed by atoms with Crippen LogP contribution in [0.5, 0.6) is 0 Å². The fourth-order valence-corrected chi connectivity index (χ4v) is 1.66. The Morgan fingerprint density at radius 2 is 2.12 bits per heavy atom. The van der Waals surface area contributed by atoms with Crippen molar-refractivity contribution in [3.63, 3.8) is 0 Å². The van der Waals surface area contributed by atoms with Crippen molar-refractivity contribution >= 4 is 11.6 Å². The van der Waals surface area contributed by atoms with Crippen LogP contribution < -0.4 is 0 Å². The Hall–Kier alpha value is -2.05. The van der Waals surface area contributed by atoms with Crippen LogP contribution >= 0.6 is 0 Å². The first-order valence-electron chi connectivity index (χ1n) is 4.60. The third-order valence-electron chi connectivity index (χ3n) is 2.33. The molecule has 90 valence electrons. The molecule has 2 aromatic heterocycles. The molecule has 0 spiro atoms. The summed E-state index contributed by atoms with van der Waals surface area (Å²) in [5.74, 6) is -1.31. The summed E-state index contributed by atoms with van der Waals surface area (Å²) in [5, 5.41) is 8.90. The Balaban J connectivity index is 2.85. The molecule has 2 heterocycles. The minimum Gasteiger partial charge on any atom is -0.477 e. The van der Waals surface area contributed by atoms with Crippen LogP contribution in [0.4, 0.5) is 13.2 Å². The van der Waals surface area contributed by atoms with E-state index < -0.39 is 23.4 Å². The first-order chi connectivity index (χ1) is 7.82. The molecule has 0 bridgehead atoms.